The molecule has 0 aliphatic heterocycles. The van der Waals surface area contributed by atoms with Gasteiger partial charge in [-0.15, -0.1) is 0 Å². The molecule has 1 aromatic carbocycles. The van der Waals surface area contributed by atoms with Crippen molar-refractivity contribution in [2.75, 3.05) is 5.75 Å². The van der Waals surface area contributed by atoms with Crippen molar-refractivity contribution in [1.82, 2.24) is 4.98 Å². The van der Waals surface area contributed by atoms with Crippen LogP contribution in [0.5, 0.6) is 5.75 Å². The van der Waals surface area contributed by atoms with Crippen LogP contribution in [0.25, 0.3) is 0 Å². The molecular formula is C15H13NO3S. The quantitative estimate of drug-likeness (QED) is 0.444. The number of Topliss-reactive ketones (excluding diaryl/α,β-unsaturated/α-hetero) is 1. The molecule has 0 radical (unpaired) electrons. The summed E-state index contributed by atoms with van der Waals surface area (Å²) in [6.07, 6.45) is 1.10. The number of rotatable bonds is 7. The second-order valence-corrected chi connectivity index (χ2v) is 4.91. The van der Waals surface area contributed by atoms with Gasteiger partial charge in [0.2, 0.25) is 6.10 Å². The van der Waals surface area contributed by atoms with Crippen molar-refractivity contribution in [3.8, 4) is 5.75 Å². The number of aldehydes is 1. The number of pyridine rings is 1. The summed E-state index contributed by atoms with van der Waals surface area (Å²) in [5, 5.41) is 0.741. The van der Waals surface area contributed by atoms with Crippen LogP contribution in [0.1, 0.15) is 0 Å². The summed E-state index contributed by atoms with van der Waals surface area (Å²) in [5.41, 5.74) is 0. The van der Waals surface area contributed by atoms with Crippen LogP contribution in [0.15, 0.2) is 59.8 Å². The monoisotopic (exact) mass is 287 g/mol. The van der Waals surface area contributed by atoms with E-state index in [4.69, 9.17) is 4.74 Å². The molecule has 0 saturated carbocycles. The van der Waals surface area contributed by atoms with Crippen LogP contribution in [0.2, 0.25) is 0 Å². The summed E-state index contributed by atoms with van der Waals surface area (Å²) in [7, 11) is 0. The van der Waals surface area contributed by atoms with Crippen molar-refractivity contribution in [2.24, 2.45) is 0 Å². The van der Waals surface area contributed by atoms with Gasteiger partial charge in [-0.25, -0.2) is 4.98 Å². The minimum absolute atomic E-state index is 0.146. The van der Waals surface area contributed by atoms with E-state index in [1.807, 2.05) is 18.2 Å². The fraction of sp³-hybridized carbons (Fsp3) is 0.133. The van der Waals surface area contributed by atoms with Crippen LogP contribution >= 0.6 is 11.8 Å². The number of hydrogen-bond acceptors (Lipinski definition) is 5. The van der Waals surface area contributed by atoms with E-state index in [2.05, 4.69) is 4.98 Å². The van der Waals surface area contributed by atoms with Gasteiger partial charge in [0.05, 0.1) is 10.8 Å². The Morgan fingerprint density at radius 2 is 1.95 bits per heavy atom. The number of carbonyl (C=O) groups is 2. The van der Waals surface area contributed by atoms with Crippen LogP contribution < -0.4 is 4.74 Å². The number of nitrogens with zero attached hydrogens (tertiary/aromatic N) is 1. The molecule has 1 unspecified atom stereocenters. The third-order valence-electron chi connectivity index (χ3n) is 2.45. The Balaban J connectivity index is 1.91. The largest absolute Gasteiger partial charge is 0.475 e. The van der Waals surface area contributed by atoms with E-state index < -0.39 is 6.10 Å². The summed E-state index contributed by atoms with van der Waals surface area (Å²) in [4.78, 5) is 27.0. The van der Waals surface area contributed by atoms with E-state index in [9.17, 15) is 9.59 Å². The average molecular weight is 287 g/mol. The van der Waals surface area contributed by atoms with E-state index >= 15 is 0 Å². The van der Waals surface area contributed by atoms with Gasteiger partial charge in [-0.3, -0.25) is 9.59 Å². The SMILES string of the molecule is O=CC(Oc1ccccc1)C(=O)CSc1ccccn1. The van der Waals surface area contributed by atoms with Gasteiger partial charge in [0.15, 0.2) is 12.1 Å². The molecule has 2 rings (SSSR count). The van der Waals surface area contributed by atoms with E-state index in [1.165, 1.54) is 11.8 Å². The lowest BCUT2D eigenvalue weighted by molar-refractivity contribution is -0.129. The summed E-state index contributed by atoms with van der Waals surface area (Å²) in [6.45, 7) is 0. The number of ether oxygens (including phenoxy) is 1. The van der Waals surface area contributed by atoms with E-state index in [0.717, 1.165) is 5.03 Å². The second kappa shape index (κ2) is 7.45. The molecule has 0 saturated heterocycles. The molecule has 0 bridgehead atoms. The maximum Gasteiger partial charge on any atom is 0.212 e. The third-order valence-corrected chi connectivity index (χ3v) is 3.41. The number of hydrogen-bond donors (Lipinski definition) is 0. The number of thioether (sulfide) groups is 1. The van der Waals surface area contributed by atoms with Gasteiger partial charge >= 0.3 is 0 Å². The molecule has 102 valence electrons. The van der Waals surface area contributed by atoms with Gasteiger partial charge in [-0.05, 0) is 24.3 Å². The Kier molecular flexibility index (Phi) is 5.32. The molecule has 0 spiro atoms. The van der Waals surface area contributed by atoms with Crippen molar-refractivity contribution in [1.29, 1.82) is 0 Å². The topological polar surface area (TPSA) is 56.3 Å². The number of carbonyl (C=O) groups excluding carboxylic acids is 2. The number of benzene rings is 1. The van der Waals surface area contributed by atoms with Crippen molar-refractivity contribution in [2.45, 2.75) is 11.1 Å². The van der Waals surface area contributed by atoms with Crippen LogP contribution in [0.4, 0.5) is 0 Å². The second-order valence-electron chi connectivity index (χ2n) is 3.91. The van der Waals surface area contributed by atoms with E-state index in [1.54, 1.807) is 36.5 Å². The van der Waals surface area contributed by atoms with Gasteiger partial charge in [0.25, 0.3) is 0 Å². The van der Waals surface area contributed by atoms with Gasteiger partial charge < -0.3 is 4.74 Å². The zero-order valence-corrected chi connectivity index (χ0v) is 11.5. The van der Waals surface area contributed by atoms with Crippen molar-refractivity contribution in [3.05, 3.63) is 54.7 Å². The average Bonchev–Trinajstić information content (AvgIpc) is 2.52. The molecule has 20 heavy (non-hydrogen) atoms. The lowest BCUT2D eigenvalue weighted by Crippen LogP contribution is -2.30. The molecule has 1 aromatic heterocycles. The molecule has 4 nitrogen and oxygen atoms in total. The Hall–Kier alpha value is -2.14. The molecule has 2 aromatic rings. The molecule has 0 amide bonds. The highest BCUT2D eigenvalue weighted by molar-refractivity contribution is 7.99. The molecule has 0 fully saturated rings. The highest BCUT2D eigenvalue weighted by Gasteiger charge is 2.19. The summed E-state index contributed by atoms with van der Waals surface area (Å²) >= 11 is 1.28. The Labute approximate surface area is 121 Å². The minimum Gasteiger partial charge on any atom is -0.475 e. The Bertz CT molecular complexity index is 560. The fourth-order valence-electron chi connectivity index (χ4n) is 1.47. The van der Waals surface area contributed by atoms with Gasteiger partial charge in [0.1, 0.15) is 5.75 Å². The predicted octanol–water partition coefficient (Wildman–Crippen LogP) is 2.39. The molecule has 1 heterocycles. The molecular weight excluding hydrogens is 274 g/mol. The summed E-state index contributed by atoms with van der Waals surface area (Å²) in [6, 6.07) is 14.3. The zero-order chi connectivity index (χ0) is 14.2. The number of aromatic nitrogens is 1. The first-order valence-corrected chi connectivity index (χ1v) is 7.01. The van der Waals surface area contributed by atoms with Gasteiger partial charge in [0, 0.05) is 6.20 Å². The molecule has 0 aliphatic rings. The Morgan fingerprint density at radius 3 is 2.60 bits per heavy atom. The maximum atomic E-state index is 11.9. The van der Waals surface area contributed by atoms with Crippen LogP contribution in [0, 0.1) is 0 Å². The first-order chi connectivity index (χ1) is 9.79. The standard InChI is InChI=1S/C15H13NO3S/c17-10-14(19-12-6-2-1-3-7-12)13(18)11-20-15-8-4-5-9-16-15/h1-10,14H,11H2. The van der Waals surface area contributed by atoms with Crippen LogP contribution in [0.3, 0.4) is 0 Å². The van der Waals surface area contributed by atoms with Gasteiger partial charge in [-0.1, -0.05) is 36.0 Å². The van der Waals surface area contributed by atoms with Crippen molar-refractivity contribution < 1.29 is 14.3 Å². The van der Waals surface area contributed by atoms with Crippen molar-refractivity contribution in [3.63, 3.8) is 0 Å². The highest BCUT2D eigenvalue weighted by Crippen LogP contribution is 2.16. The first-order valence-electron chi connectivity index (χ1n) is 6.03. The van der Waals surface area contributed by atoms with E-state index in [0.29, 0.717) is 12.0 Å². The normalized spacial score (nSPS) is 11.6. The van der Waals surface area contributed by atoms with Crippen LogP contribution in [-0.2, 0) is 9.59 Å². The smallest absolute Gasteiger partial charge is 0.212 e. The molecule has 1 atom stereocenters. The van der Waals surface area contributed by atoms with Crippen molar-refractivity contribution >= 4 is 23.8 Å². The molecule has 0 N–H and O–H groups in total. The van der Waals surface area contributed by atoms with E-state index in [-0.39, 0.29) is 11.5 Å². The third kappa shape index (κ3) is 4.20. The fourth-order valence-corrected chi connectivity index (χ4v) is 2.24. The maximum absolute atomic E-state index is 11.9. The summed E-state index contributed by atoms with van der Waals surface area (Å²) in [5.74, 6) is 0.369. The lowest BCUT2D eigenvalue weighted by atomic mass is 10.2. The number of ketones is 1. The Morgan fingerprint density at radius 1 is 1.20 bits per heavy atom. The van der Waals surface area contributed by atoms with Gasteiger partial charge in [-0.2, -0.15) is 0 Å². The lowest BCUT2D eigenvalue weighted by Gasteiger charge is -2.12. The minimum atomic E-state index is -1.08. The molecule has 0 aliphatic carbocycles. The number of para-hydroxylation sites is 1. The summed E-state index contributed by atoms with van der Waals surface area (Å²) < 4.78 is 5.36. The predicted molar refractivity (Wildman–Crippen MR) is 76.9 cm³/mol. The molecule has 5 heteroatoms. The van der Waals surface area contributed by atoms with Crippen LogP contribution in [-0.4, -0.2) is 28.9 Å². The first kappa shape index (κ1) is 14.3. The highest BCUT2D eigenvalue weighted by atomic mass is 32.2. The zero-order valence-electron chi connectivity index (χ0n) is 10.6.